The van der Waals surface area contributed by atoms with E-state index in [-0.39, 0.29) is 12.2 Å². The number of Topliss-reactive ketones (excluding diaryl/α,β-unsaturated/α-hetero) is 1. The van der Waals surface area contributed by atoms with Crippen molar-refractivity contribution in [3.05, 3.63) is 0 Å². The van der Waals surface area contributed by atoms with Gasteiger partial charge in [0.25, 0.3) is 0 Å². The number of esters is 1. The zero-order valence-corrected chi connectivity index (χ0v) is 7.25. The minimum absolute atomic E-state index is 0.0501. The quantitative estimate of drug-likeness (QED) is 0.534. The van der Waals surface area contributed by atoms with Gasteiger partial charge < -0.3 is 9.47 Å². The average molecular weight is 172 g/mol. The Balaban J connectivity index is 2.69. The first kappa shape index (κ1) is 9.19. The zero-order chi connectivity index (χ0) is 9.19. The Morgan fingerprint density at radius 3 is 2.83 bits per heavy atom. The highest BCUT2D eigenvalue weighted by atomic mass is 16.6. The molecule has 1 aliphatic rings. The Bertz CT molecular complexity index is 211. The molecule has 1 fully saturated rings. The summed E-state index contributed by atoms with van der Waals surface area (Å²) in [5.41, 5.74) is -1.05. The highest BCUT2D eigenvalue weighted by molar-refractivity contribution is 5.89. The Morgan fingerprint density at radius 1 is 1.67 bits per heavy atom. The summed E-state index contributed by atoms with van der Waals surface area (Å²) in [5, 5.41) is 0. The molecule has 1 atom stereocenters. The van der Waals surface area contributed by atoms with E-state index in [1.54, 1.807) is 6.92 Å². The van der Waals surface area contributed by atoms with E-state index >= 15 is 0 Å². The number of hydrogen-bond donors (Lipinski definition) is 0. The van der Waals surface area contributed by atoms with E-state index in [1.165, 1.54) is 7.11 Å². The molecule has 1 rings (SSSR count). The Hall–Kier alpha value is -0.900. The molecular formula is C8H12O4. The minimum atomic E-state index is -1.05. The third-order valence-electron chi connectivity index (χ3n) is 1.95. The van der Waals surface area contributed by atoms with Crippen molar-refractivity contribution in [3.63, 3.8) is 0 Å². The lowest BCUT2D eigenvalue weighted by Crippen LogP contribution is -2.45. The van der Waals surface area contributed by atoms with Crippen LogP contribution >= 0.6 is 0 Å². The van der Waals surface area contributed by atoms with E-state index in [1.807, 2.05) is 0 Å². The van der Waals surface area contributed by atoms with Gasteiger partial charge in [-0.15, -0.1) is 0 Å². The van der Waals surface area contributed by atoms with Gasteiger partial charge in [0.1, 0.15) is 5.78 Å². The van der Waals surface area contributed by atoms with Gasteiger partial charge in [0, 0.05) is 12.8 Å². The summed E-state index contributed by atoms with van der Waals surface area (Å²) in [5.74, 6) is -0.426. The molecule has 0 saturated carbocycles. The second kappa shape index (κ2) is 3.23. The van der Waals surface area contributed by atoms with Crippen LogP contribution in [0.2, 0.25) is 0 Å². The SMILES string of the molecule is COC(=O)C1(C)CC(=O)CCO1. The van der Waals surface area contributed by atoms with Crippen LogP contribution in [-0.4, -0.2) is 31.1 Å². The molecule has 0 aliphatic carbocycles. The van der Waals surface area contributed by atoms with Crippen LogP contribution in [0.15, 0.2) is 0 Å². The lowest BCUT2D eigenvalue weighted by molar-refractivity contribution is -0.175. The second-order valence-electron chi connectivity index (χ2n) is 3.04. The summed E-state index contributed by atoms with van der Waals surface area (Å²) >= 11 is 0. The molecule has 12 heavy (non-hydrogen) atoms. The molecule has 0 aromatic heterocycles. The summed E-state index contributed by atoms with van der Waals surface area (Å²) < 4.78 is 9.72. The van der Waals surface area contributed by atoms with Gasteiger partial charge in [0.05, 0.1) is 13.7 Å². The molecule has 0 bridgehead atoms. The fraction of sp³-hybridized carbons (Fsp3) is 0.750. The Labute approximate surface area is 70.8 Å². The van der Waals surface area contributed by atoms with Crippen molar-refractivity contribution in [1.82, 2.24) is 0 Å². The van der Waals surface area contributed by atoms with Gasteiger partial charge in [-0.2, -0.15) is 0 Å². The van der Waals surface area contributed by atoms with Crippen LogP contribution in [-0.2, 0) is 19.1 Å². The fourth-order valence-electron chi connectivity index (χ4n) is 1.25. The molecule has 0 spiro atoms. The smallest absolute Gasteiger partial charge is 0.338 e. The summed E-state index contributed by atoms with van der Waals surface area (Å²) in [7, 11) is 1.29. The van der Waals surface area contributed by atoms with Crippen molar-refractivity contribution in [2.45, 2.75) is 25.4 Å². The monoisotopic (exact) mass is 172 g/mol. The Morgan fingerprint density at radius 2 is 2.33 bits per heavy atom. The first-order valence-electron chi connectivity index (χ1n) is 3.82. The molecule has 68 valence electrons. The lowest BCUT2D eigenvalue weighted by Gasteiger charge is -2.29. The van der Waals surface area contributed by atoms with E-state index in [0.29, 0.717) is 13.0 Å². The number of carbonyl (C=O) groups excluding carboxylic acids is 2. The summed E-state index contributed by atoms with van der Waals surface area (Å²) in [4.78, 5) is 22.1. The molecule has 1 unspecified atom stereocenters. The topological polar surface area (TPSA) is 52.6 Å². The Kier molecular flexibility index (Phi) is 2.47. The highest BCUT2D eigenvalue weighted by Crippen LogP contribution is 2.23. The van der Waals surface area contributed by atoms with Gasteiger partial charge in [0.2, 0.25) is 0 Å². The van der Waals surface area contributed by atoms with Crippen LogP contribution in [0.4, 0.5) is 0 Å². The van der Waals surface area contributed by atoms with Crippen LogP contribution in [0, 0.1) is 0 Å². The van der Waals surface area contributed by atoms with E-state index in [4.69, 9.17) is 4.74 Å². The van der Waals surface area contributed by atoms with Gasteiger partial charge in [-0.05, 0) is 6.92 Å². The second-order valence-corrected chi connectivity index (χ2v) is 3.04. The predicted molar refractivity (Wildman–Crippen MR) is 40.6 cm³/mol. The maximum atomic E-state index is 11.1. The standard InChI is InChI=1S/C8H12O4/c1-8(7(10)11-2)5-6(9)3-4-12-8/h3-5H2,1-2H3. The van der Waals surface area contributed by atoms with Crippen molar-refractivity contribution in [2.24, 2.45) is 0 Å². The van der Waals surface area contributed by atoms with Gasteiger partial charge in [-0.25, -0.2) is 4.79 Å². The molecule has 4 nitrogen and oxygen atoms in total. The molecule has 1 aliphatic heterocycles. The molecular weight excluding hydrogens is 160 g/mol. The van der Waals surface area contributed by atoms with E-state index in [0.717, 1.165) is 0 Å². The lowest BCUT2D eigenvalue weighted by atomic mass is 9.95. The first-order chi connectivity index (χ1) is 5.58. The summed E-state index contributed by atoms with van der Waals surface area (Å²) in [6, 6.07) is 0. The third kappa shape index (κ3) is 1.64. The van der Waals surface area contributed by atoms with Crippen molar-refractivity contribution in [2.75, 3.05) is 13.7 Å². The number of ether oxygens (including phenoxy) is 2. The maximum Gasteiger partial charge on any atom is 0.338 e. The van der Waals surface area contributed by atoms with E-state index in [9.17, 15) is 9.59 Å². The van der Waals surface area contributed by atoms with Gasteiger partial charge in [-0.3, -0.25) is 4.79 Å². The molecule has 0 aromatic carbocycles. The van der Waals surface area contributed by atoms with Gasteiger partial charge in [-0.1, -0.05) is 0 Å². The van der Waals surface area contributed by atoms with Crippen molar-refractivity contribution in [3.8, 4) is 0 Å². The molecule has 0 amide bonds. The highest BCUT2D eigenvalue weighted by Gasteiger charge is 2.40. The van der Waals surface area contributed by atoms with E-state index < -0.39 is 11.6 Å². The number of carbonyl (C=O) groups is 2. The van der Waals surface area contributed by atoms with Crippen LogP contribution in [0.3, 0.4) is 0 Å². The number of rotatable bonds is 1. The van der Waals surface area contributed by atoms with Gasteiger partial charge >= 0.3 is 5.97 Å². The summed E-state index contributed by atoms with van der Waals surface area (Å²) in [6.07, 6.45) is 0.520. The van der Waals surface area contributed by atoms with Crippen molar-refractivity contribution < 1.29 is 19.1 Å². The summed E-state index contributed by atoms with van der Waals surface area (Å²) in [6.45, 7) is 1.89. The van der Waals surface area contributed by atoms with E-state index in [2.05, 4.69) is 4.74 Å². The predicted octanol–water partition coefficient (Wildman–Crippen LogP) is 0.298. The van der Waals surface area contributed by atoms with Crippen LogP contribution in [0.25, 0.3) is 0 Å². The fourth-order valence-corrected chi connectivity index (χ4v) is 1.25. The van der Waals surface area contributed by atoms with Crippen LogP contribution < -0.4 is 0 Å². The molecule has 0 radical (unpaired) electrons. The number of ketones is 1. The largest absolute Gasteiger partial charge is 0.467 e. The maximum absolute atomic E-state index is 11.1. The van der Waals surface area contributed by atoms with Crippen LogP contribution in [0.1, 0.15) is 19.8 Å². The first-order valence-corrected chi connectivity index (χ1v) is 3.82. The molecule has 1 saturated heterocycles. The normalized spacial score (nSPS) is 30.0. The van der Waals surface area contributed by atoms with Crippen molar-refractivity contribution in [1.29, 1.82) is 0 Å². The van der Waals surface area contributed by atoms with Crippen LogP contribution in [0.5, 0.6) is 0 Å². The van der Waals surface area contributed by atoms with Crippen molar-refractivity contribution >= 4 is 11.8 Å². The number of hydrogen-bond acceptors (Lipinski definition) is 4. The van der Waals surface area contributed by atoms with Gasteiger partial charge in [0.15, 0.2) is 5.60 Å². The number of methoxy groups -OCH3 is 1. The molecule has 0 aromatic rings. The minimum Gasteiger partial charge on any atom is -0.467 e. The zero-order valence-electron chi connectivity index (χ0n) is 7.25. The molecule has 1 heterocycles. The molecule has 4 heteroatoms. The average Bonchev–Trinajstić information content (AvgIpc) is 2.02. The third-order valence-corrected chi connectivity index (χ3v) is 1.95. The molecule has 0 N–H and O–H groups in total.